The maximum Gasteiger partial charge on any atom is 0.303 e. The van der Waals surface area contributed by atoms with Crippen LogP contribution in [0.5, 0.6) is 0 Å². The Morgan fingerprint density at radius 3 is 1.54 bits per heavy atom. The topological polar surface area (TPSA) is 215 Å². The van der Waals surface area contributed by atoms with Crippen molar-refractivity contribution in [2.75, 3.05) is 13.2 Å². The van der Waals surface area contributed by atoms with E-state index in [4.69, 9.17) is 47.4 Å². The summed E-state index contributed by atoms with van der Waals surface area (Å²) in [6, 6.07) is 8.90. The highest BCUT2D eigenvalue weighted by molar-refractivity contribution is 5.68. The first-order valence-electron chi connectivity index (χ1n) is 14.9. The van der Waals surface area contributed by atoms with Crippen molar-refractivity contribution >= 4 is 35.8 Å². The van der Waals surface area contributed by atoms with Crippen molar-refractivity contribution in [2.24, 2.45) is 0 Å². The van der Waals surface area contributed by atoms with E-state index < -0.39 is 110 Å². The fourth-order valence-corrected chi connectivity index (χ4v) is 5.12. The van der Waals surface area contributed by atoms with Crippen LogP contribution in [-0.4, -0.2) is 116 Å². The second kappa shape index (κ2) is 17.8. The molecule has 1 N–H and O–H groups in total. The first-order chi connectivity index (χ1) is 22.7. The Bertz CT molecular complexity index is 1280. The highest BCUT2D eigenvalue weighted by Gasteiger charge is 2.56. The number of carbonyl (C=O) groups is 6. The molecule has 17 heteroatoms. The van der Waals surface area contributed by atoms with E-state index in [1.54, 1.807) is 30.3 Å². The van der Waals surface area contributed by atoms with Crippen molar-refractivity contribution < 1.29 is 81.2 Å². The largest absolute Gasteiger partial charge is 0.463 e. The molecule has 0 radical (unpaired) electrons. The number of ether oxygens (including phenoxy) is 10. The van der Waals surface area contributed by atoms with Crippen LogP contribution in [0.25, 0.3) is 0 Å². The van der Waals surface area contributed by atoms with E-state index in [0.717, 1.165) is 47.1 Å². The number of hydrogen-bond acceptors (Lipinski definition) is 17. The van der Waals surface area contributed by atoms with Gasteiger partial charge in [0.1, 0.15) is 31.5 Å². The molecule has 0 unspecified atom stereocenters. The Labute approximate surface area is 275 Å². The van der Waals surface area contributed by atoms with E-state index in [0.29, 0.717) is 0 Å². The molecule has 0 bridgehead atoms. The van der Waals surface area contributed by atoms with Crippen LogP contribution in [0.3, 0.4) is 0 Å². The van der Waals surface area contributed by atoms with Gasteiger partial charge in [-0.3, -0.25) is 28.8 Å². The minimum Gasteiger partial charge on any atom is -0.463 e. The third-order valence-electron chi connectivity index (χ3n) is 6.89. The number of aliphatic hydroxyl groups is 1. The van der Waals surface area contributed by atoms with Crippen LogP contribution < -0.4 is 0 Å². The van der Waals surface area contributed by atoms with Crippen LogP contribution in [0.15, 0.2) is 30.3 Å². The van der Waals surface area contributed by atoms with Gasteiger partial charge in [0.05, 0.1) is 6.61 Å². The Morgan fingerprint density at radius 1 is 0.583 bits per heavy atom. The van der Waals surface area contributed by atoms with E-state index in [1.807, 2.05) is 0 Å². The summed E-state index contributed by atoms with van der Waals surface area (Å²) in [6.45, 7) is 5.58. The highest BCUT2D eigenvalue weighted by atomic mass is 16.8. The van der Waals surface area contributed by atoms with E-state index in [2.05, 4.69) is 0 Å². The molecular weight excluding hydrogens is 644 g/mol. The predicted molar refractivity (Wildman–Crippen MR) is 155 cm³/mol. The van der Waals surface area contributed by atoms with E-state index in [1.165, 1.54) is 0 Å². The second-order valence-corrected chi connectivity index (χ2v) is 10.9. The maximum absolute atomic E-state index is 12.4. The lowest BCUT2D eigenvalue weighted by Crippen LogP contribution is -2.66. The minimum atomic E-state index is -1.95. The van der Waals surface area contributed by atoms with Crippen LogP contribution >= 0.6 is 0 Å². The third kappa shape index (κ3) is 11.2. The monoisotopic (exact) mass is 684 g/mol. The van der Waals surface area contributed by atoms with Crippen molar-refractivity contribution in [2.45, 2.75) is 110 Å². The second-order valence-electron chi connectivity index (χ2n) is 10.9. The van der Waals surface area contributed by atoms with Crippen molar-refractivity contribution in [1.29, 1.82) is 0 Å². The fourth-order valence-electron chi connectivity index (χ4n) is 5.12. The van der Waals surface area contributed by atoms with E-state index in [9.17, 15) is 33.9 Å². The Balaban J connectivity index is 2.04. The Morgan fingerprint density at radius 2 is 1.04 bits per heavy atom. The van der Waals surface area contributed by atoms with Gasteiger partial charge in [-0.15, -0.1) is 0 Å². The van der Waals surface area contributed by atoms with Gasteiger partial charge in [0.2, 0.25) is 0 Å². The number of esters is 6. The molecule has 0 aliphatic carbocycles. The van der Waals surface area contributed by atoms with Crippen LogP contribution in [0.2, 0.25) is 0 Å². The fraction of sp³-hybridized carbons (Fsp3) is 0.613. The maximum atomic E-state index is 12.4. The zero-order chi connectivity index (χ0) is 35.5. The van der Waals surface area contributed by atoms with Crippen molar-refractivity contribution in [3.8, 4) is 0 Å². The quantitative estimate of drug-likeness (QED) is 0.218. The SMILES string of the molecule is CC(=O)OC[C@H]1O[C@H](O)[C@H](O[C@@H]2O[C@H](COC(C)=O)[C@@H](OCc3ccccc3)[C@H](OC(C)=O)[C@@H]2OC(C)=O)[C@H](OC(C)=O)[C@H]1OC(C)=O. The van der Waals surface area contributed by atoms with Gasteiger partial charge in [0, 0.05) is 41.5 Å². The van der Waals surface area contributed by atoms with Gasteiger partial charge in [-0.1, -0.05) is 30.3 Å². The molecule has 10 atom stereocenters. The molecule has 2 saturated heterocycles. The van der Waals surface area contributed by atoms with Crippen LogP contribution in [0.4, 0.5) is 0 Å². The number of benzene rings is 1. The zero-order valence-electron chi connectivity index (χ0n) is 27.3. The average molecular weight is 685 g/mol. The lowest BCUT2D eigenvalue weighted by molar-refractivity contribution is -0.365. The Hall–Kier alpha value is -4.16. The first kappa shape index (κ1) is 38.3. The molecule has 0 spiro atoms. The molecule has 1 aromatic carbocycles. The molecule has 3 rings (SSSR count). The van der Waals surface area contributed by atoms with Crippen LogP contribution in [-0.2, 0) is 82.7 Å². The van der Waals surface area contributed by atoms with Gasteiger partial charge in [-0.05, 0) is 5.56 Å². The van der Waals surface area contributed by atoms with Gasteiger partial charge in [-0.2, -0.15) is 0 Å². The van der Waals surface area contributed by atoms with Crippen LogP contribution in [0, 0.1) is 0 Å². The lowest BCUT2D eigenvalue weighted by atomic mass is 9.96. The molecule has 2 heterocycles. The van der Waals surface area contributed by atoms with Crippen molar-refractivity contribution in [3.05, 3.63) is 35.9 Å². The van der Waals surface area contributed by atoms with Crippen molar-refractivity contribution in [3.63, 3.8) is 0 Å². The summed E-state index contributed by atoms with van der Waals surface area (Å²) in [5.41, 5.74) is 0.722. The number of carbonyl (C=O) groups excluding carboxylic acids is 6. The number of aliphatic hydroxyl groups excluding tert-OH is 1. The first-order valence-corrected chi connectivity index (χ1v) is 14.9. The average Bonchev–Trinajstić information content (AvgIpc) is 2.98. The van der Waals surface area contributed by atoms with Gasteiger partial charge >= 0.3 is 35.8 Å². The molecule has 266 valence electrons. The summed E-state index contributed by atoms with van der Waals surface area (Å²) in [4.78, 5) is 72.3. The van der Waals surface area contributed by atoms with Gasteiger partial charge in [0.15, 0.2) is 43.1 Å². The highest BCUT2D eigenvalue weighted by Crippen LogP contribution is 2.35. The van der Waals surface area contributed by atoms with E-state index in [-0.39, 0.29) is 6.61 Å². The molecule has 1 aromatic rings. The molecule has 48 heavy (non-hydrogen) atoms. The van der Waals surface area contributed by atoms with E-state index >= 15 is 0 Å². The molecular formula is C31H40O17. The summed E-state index contributed by atoms with van der Waals surface area (Å²) >= 11 is 0. The molecule has 0 aromatic heterocycles. The van der Waals surface area contributed by atoms with Crippen molar-refractivity contribution in [1.82, 2.24) is 0 Å². The predicted octanol–water partition coefficient (Wildman–Crippen LogP) is 0.252. The summed E-state index contributed by atoms with van der Waals surface area (Å²) in [7, 11) is 0. The molecule has 2 fully saturated rings. The smallest absolute Gasteiger partial charge is 0.303 e. The normalized spacial score (nSPS) is 29.9. The Kier molecular flexibility index (Phi) is 14.2. The zero-order valence-corrected chi connectivity index (χ0v) is 27.3. The third-order valence-corrected chi connectivity index (χ3v) is 6.89. The number of rotatable bonds is 13. The summed E-state index contributed by atoms with van der Waals surface area (Å²) in [5, 5.41) is 11.1. The van der Waals surface area contributed by atoms with Gasteiger partial charge in [0.25, 0.3) is 0 Å². The van der Waals surface area contributed by atoms with Crippen LogP contribution in [0.1, 0.15) is 47.1 Å². The minimum absolute atomic E-state index is 0.0288. The molecule has 2 aliphatic heterocycles. The lowest BCUT2D eigenvalue weighted by Gasteiger charge is -2.48. The molecule has 17 nitrogen and oxygen atoms in total. The molecule has 0 amide bonds. The summed E-state index contributed by atoms with van der Waals surface area (Å²) in [5.74, 6) is -4.78. The van der Waals surface area contributed by atoms with Gasteiger partial charge < -0.3 is 52.5 Å². The number of hydrogen-bond donors (Lipinski definition) is 1. The molecule has 2 aliphatic rings. The standard InChI is InChI=1S/C31H40O17/c1-15(32)39-13-22-24(41-12-21-10-8-7-9-11-21)26(43-18(4)35)29(45-20(6)37)31(47-22)48-28-27(44-19(5)36)25(42-17(3)34)23(46-30(28)38)14-40-16(2)33/h7-11,22-31,38H,12-14H2,1-6H3/t22-,23-,24-,25+,26+,27-,28-,29+,30+,31+/m1/s1. The summed E-state index contributed by atoms with van der Waals surface area (Å²) < 4.78 is 56.0. The summed E-state index contributed by atoms with van der Waals surface area (Å²) in [6.07, 6.45) is -15.3. The molecule has 0 saturated carbocycles. The van der Waals surface area contributed by atoms with Gasteiger partial charge in [-0.25, -0.2) is 0 Å².